The van der Waals surface area contributed by atoms with Gasteiger partial charge in [-0.1, -0.05) is 12.1 Å². The van der Waals surface area contributed by atoms with Crippen molar-refractivity contribution in [3.8, 4) is 5.75 Å². The molecule has 0 saturated heterocycles. The van der Waals surface area contributed by atoms with E-state index in [2.05, 4.69) is 6.58 Å². The minimum Gasteiger partial charge on any atom is -0.491 e. The zero-order valence-electron chi connectivity index (χ0n) is 19.6. The van der Waals surface area contributed by atoms with Crippen LogP contribution in [0.15, 0.2) is 71.2 Å². The molecular formula is C27H31FN2O4S. The smallest absolute Gasteiger partial charge is 0.237 e. The van der Waals surface area contributed by atoms with Crippen LogP contribution in [-0.4, -0.2) is 53.2 Å². The van der Waals surface area contributed by atoms with Gasteiger partial charge < -0.3 is 19.2 Å². The molecule has 1 aliphatic heterocycles. The summed E-state index contributed by atoms with van der Waals surface area (Å²) in [5.74, 6) is 0.763. The Morgan fingerprint density at radius 1 is 1.37 bits per heavy atom. The fraction of sp³-hybridized carbons (Fsp3) is 0.370. The summed E-state index contributed by atoms with van der Waals surface area (Å²) in [5, 5.41) is 12.5. The van der Waals surface area contributed by atoms with Crippen molar-refractivity contribution in [3.05, 3.63) is 88.8 Å². The van der Waals surface area contributed by atoms with E-state index < -0.39 is 6.10 Å². The van der Waals surface area contributed by atoms with E-state index in [0.29, 0.717) is 38.2 Å². The van der Waals surface area contributed by atoms with Gasteiger partial charge >= 0.3 is 0 Å². The van der Waals surface area contributed by atoms with Crippen LogP contribution < -0.4 is 4.74 Å². The van der Waals surface area contributed by atoms with Crippen molar-refractivity contribution in [2.45, 2.75) is 38.0 Å². The molecule has 6 nitrogen and oxygen atoms in total. The zero-order valence-corrected chi connectivity index (χ0v) is 20.5. The van der Waals surface area contributed by atoms with E-state index in [-0.39, 0.29) is 30.9 Å². The second kappa shape index (κ2) is 12.2. The number of fused-ring (bicyclic) bond motifs is 1. The van der Waals surface area contributed by atoms with Gasteiger partial charge in [0.05, 0.1) is 31.5 Å². The van der Waals surface area contributed by atoms with Crippen LogP contribution in [0.3, 0.4) is 0 Å². The van der Waals surface area contributed by atoms with Gasteiger partial charge in [-0.15, -0.1) is 17.9 Å². The third-order valence-corrected chi connectivity index (χ3v) is 7.11. The SMILES string of the molecule is C=CCC[C@H](O)CN(CC(=O)N1CCc2sccc2[C@H]1COc1cccc(F)c1)Cc1ccco1. The first kappa shape index (κ1) is 25.2. The molecule has 0 radical (unpaired) electrons. The number of hydrogen-bond donors (Lipinski definition) is 1. The number of furan rings is 1. The third-order valence-electron chi connectivity index (χ3n) is 6.11. The van der Waals surface area contributed by atoms with Crippen LogP contribution in [0.1, 0.15) is 35.1 Å². The number of hydrogen-bond acceptors (Lipinski definition) is 6. The minimum atomic E-state index is -0.576. The molecule has 2 atom stereocenters. The lowest BCUT2D eigenvalue weighted by molar-refractivity contribution is -0.136. The van der Waals surface area contributed by atoms with E-state index >= 15 is 0 Å². The second-order valence-electron chi connectivity index (χ2n) is 8.69. The first-order valence-electron chi connectivity index (χ1n) is 11.8. The van der Waals surface area contributed by atoms with Gasteiger partial charge in [0.15, 0.2) is 0 Å². The zero-order chi connectivity index (χ0) is 24.6. The summed E-state index contributed by atoms with van der Waals surface area (Å²) < 4.78 is 25.0. The molecule has 0 spiro atoms. The van der Waals surface area contributed by atoms with Gasteiger partial charge in [0.1, 0.15) is 23.9 Å². The summed E-state index contributed by atoms with van der Waals surface area (Å²) in [5.41, 5.74) is 1.08. The molecule has 2 aromatic heterocycles. The Kier molecular flexibility index (Phi) is 8.74. The molecular weight excluding hydrogens is 467 g/mol. The standard InChI is InChI=1S/C27H31FN2O4S/c1-2-3-7-21(31)16-29(17-23-9-5-13-33-23)18-27(32)30-12-10-26-24(11-14-35-26)25(30)19-34-22-8-4-6-20(28)15-22/h2,4-6,8-9,11,13-15,21,25,31H,1,3,7,10,12,16-19H2/t21-,25+/m0/s1. The van der Waals surface area contributed by atoms with Gasteiger partial charge in [0, 0.05) is 24.0 Å². The number of carbonyl (C=O) groups is 1. The van der Waals surface area contributed by atoms with Gasteiger partial charge in [-0.2, -0.15) is 0 Å². The van der Waals surface area contributed by atoms with Crippen LogP contribution in [0.25, 0.3) is 0 Å². The van der Waals surface area contributed by atoms with Crippen molar-refractivity contribution < 1.29 is 23.4 Å². The number of aliphatic hydroxyl groups excluding tert-OH is 1. The van der Waals surface area contributed by atoms with E-state index in [4.69, 9.17) is 9.15 Å². The maximum absolute atomic E-state index is 13.6. The Morgan fingerprint density at radius 3 is 3.03 bits per heavy atom. The number of ether oxygens (including phenoxy) is 1. The highest BCUT2D eigenvalue weighted by molar-refractivity contribution is 7.10. The van der Waals surface area contributed by atoms with E-state index in [1.807, 2.05) is 33.4 Å². The van der Waals surface area contributed by atoms with Gasteiger partial charge in [0.2, 0.25) is 5.91 Å². The molecule has 35 heavy (non-hydrogen) atoms. The Balaban J connectivity index is 1.48. The van der Waals surface area contributed by atoms with Crippen molar-refractivity contribution in [2.75, 3.05) is 26.2 Å². The highest BCUT2D eigenvalue weighted by Gasteiger charge is 2.33. The number of nitrogens with zero attached hydrogens (tertiary/aromatic N) is 2. The van der Waals surface area contributed by atoms with Gasteiger partial charge in [-0.05, 0) is 60.5 Å². The van der Waals surface area contributed by atoms with Crippen LogP contribution in [-0.2, 0) is 17.8 Å². The predicted molar refractivity (Wildman–Crippen MR) is 134 cm³/mol. The van der Waals surface area contributed by atoms with Crippen molar-refractivity contribution in [1.29, 1.82) is 0 Å². The molecule has 0 fully saturated rings. The van der Waals surface area contributed by atoms with Crippen molar-refractivity contribution in [2.24, 2.45) is 0 Å². The summed E-state index contributed by atoms with van der Waals surface area (Å²) in [6.45, 7) is 5.44. The molecule has 0 unspecified atom stereocenters. The summed E-state index contributed by atoms with van der Waals surface area (Å²) in [6.07, 6.45) is 4.88. The van der Waals surface area contributed by atoms with Crippen LogP contribution in [0.5, 0.6) is 5.75 Å². The van der Waals surface area contributed by atoms with Gasteiger partial charge in [-0.3, -0.25) is 9.69 Å². The second-order valence-corrected chi connectivity index (χ2v) is 9.69. The Morgan fingerprint density at radius 2 is 2.26 bits per heavy atom. The number of aliphatic hydroxyl groups is 1. The number of thiophene rings is 1. The van der Waals surface area contributed by atoms with Crippen LogP contribution in [0, 0.1) is 5.82 Å². The van der Waals surface area contributed by atoms with E-state index in [1.165, 1.54) is 17.0 Å². The number of rotatable bonds is 12. The van der Waals surface area contributed by atoms with Crippen LogP contribution in [0.4, 0.5) is 4.39 Å². The predicted octanol–water partition coefficient (Wildman–Crippen LogP) is 4.81. The first-order valence-corrected chi connectivity index (χ1v) is 12.7. The maximum atomic E-state index is 13.6. The molecule has 1 amide bonds. The van der Waals surface area contributed by atoms with Crippen molar-refractivity contribution >= 4 is 17.2 Å². The normalized spacial score (nSPS) is 16.2. The summed E-state index contributed by atoms with van der Waals surface area (Å²) in [7, 11) is 0. The van der Waals surface area contributed by atoms with Gasteiger partial charge in [-0.25, -0.2) is 4.39 Å². The van der Waals surface area contributed by atoms with Crippen LogP contribution in [0.2, 0.25) is 0 Å². The highest BCUT2D eigenvalue weighted by Crippen LogP contribution is 2.34. The fourth-order valence-corrected chi connectivity index (χ4v) is 5.32. The molecule has 186 valence electrons. The monoisotopic (exact) mass is 498 g/mol. The first-order chi connectivity index (χ1) is 17.0. The number of allylic oxidation sites excluding steroid dienone is 1. The topological polar surface area (TPSA) is 66.2 Å². The molecule has 0 saturated carbocycles. The largest absolute Gasteiger partial charge is 0.491 e. The quantitative estimate of drug-likeness (QED) is 0.363. The maximum Gasteiger partial charge on any atom is 0.237 e. The number of benzene rings is 1. The molecule has 8 heteroatoms. The summed E-state index contributed by atoms with van der Waals surface area (Å²) >= 11 is 1.68. The molecule has 0 bridgehead atoms. The number of amides is 1. The van der Waals surface area contributed by atoms with Crippen molar-refractivity contribution in [1.82, 2.24) is 9.80 Å². The summed E-state index contributed by atoms with van der Waals surface area (Å²) in [6, 6.07) is 11.5. The lowest BCUT2D eigenvalue weighted by Crippen LogP contribution is -2.47. The van der Waals surface area contributed by atoms with E-state index in [1.54, 1.807) is 35.8 Å². The van der Waals surface area contributed by atoms with E-state index in [9.17, 15) is 14.3 Å². The molecule has 1 N–H and O–H groups in total. The average molecular weight is 499 g/mol. The Labute approximate surface area is 209 Å². The molecule has 3 heterocycles. The fourth-order valence-electron chi connectivity index (χ4n) is 4.40. The molecule has 3 aromatic rings. The molecule has 0 aliphatic carbocycles. The van der Waals surface area contributed by atoms with Crippen LogP contribution >= 0.6 is 11.3 Å². The molecule has 1 aliphatic rings. The minimum absolute atomic E-state index is 0.0443. The lowest BCUT2D eigenvalue weighted by atomic mass is 10.0. The molecule has 4 rings (SSSR count). The van der Waals surface area contributed by atoms with Gasteiger partial charge in [0.25, 0.3) is 0 Å². The molecule has 1 aromatic carbocycles. The lowest BCUT2D eigenvalue weighted by Gasteiger charge is -2.37. The van der Waals surface area contributed by atoms with Crippen molar-refractivity contribution in [3.63, 3.8) is 0 Å². The Hall–Kier alpha value is -2.94. The Bertz CT molecular complexity index is 1100. The highest BCUT2D eigenvalue weighted by atomic mass is 32.1. The van der Waals surface area contributed by atoms with E-state index in [0.717, 1.165) is 17.7 Å². The summed E-state index contributed by atoms with van der Waals surface area (Å²) in [4.78, 5) is 18.6. The number of carbonyl (C=O) groups excluding carboxylic acids is 1. The number of halogens is 1. The third kappa shape index (κ3) is 6.81. The average Bonchev–Trinajstić information content (AvgIpc) is 3.53.